The van der Waals surface area contributed by atoms with Gasteiger partial charge in [-0.25, -0.2) is 18.1 Å². The molecule has 1 aromatic heterocycles. The second-order valence-electron chi connectivity index (χ2n) is 7.23. The lowest BCUT2D eigenvalue weighted by Gasteiger charge is -2.36. The molecule has 9 nitrogen and oxygen atoms in total. The van der Waals surface area contributed by atoms with Gasteiger partial charge in [0, 0.05) is 18.9 Å². The number of ether oxygens (including phenoxy) is 1. The highest BCUT2D eigenvalue weighted by molar-refractivity contribution is 7.89. The molecule has 162 valence electrons. The van der Waals surface area contributed by atoms with Crippen molar-refractivity contribution in [1.29, 1.82) is 0 Å². The number of hydrogen-bond acceptors (Lipinski definition) is 7. The van der Waals surface area contributed by atoms with Crippen LogP contribution in [0.3, 0.4) is 0 Å². The summed E-state index contributed by atoms with van der Waals surface area (Å²) in [7, 11) is -3.58. The predicted molar refractivity (Wildman–Crippen MR) is 109 cm³/mol. The molecule has 10 heteroatoms. The molecule has 0 spiro atoms. The Bertz CT molecular complexity index is 937. The number of rotatable bonds is 8. The predicted octanol–water partition coefficient (Wildman–Crippen LogP) is 0.792. The highest BCUT2D eigenvalue weighted by atomic mass is 32.2. The zero-order valence-electron chi connectivity index (χ0n) is 16.7. The van der Waals surface area contributed by atoms with E-state index >= 15 is 0 Å². The molecule has 0 radical (unpaired) electrons. The second-order valence-corrected chi connectivity index (χ2v) is 8.99. The maximum Gasteiger partial charge on any atom is 0.271 e. The maximum atomic E-state index is 12.4. The molecule has 0 aliphatic carbocycles. The minimum atomic E-state index is -3.58. The third-order valence-corrected chi connectivity index (χ3v) is 6.47. The number of hydrogen-bond donors (Lipinski definition) is 3. The van der Waals surface area contributed by atoms with E-state index in [1.54, 1.807) is 24.3 Å². The lowest BCUT2D eigenvalue weighted by molar-refractivity contribution is -0.0891. The van der Waals surface area contributed by atoms with Gasteiger partial charge in [0.1, 0.15) is 11.8 Å². The van der Waals surface area contributed by atoms with E-state index in [9.17, 15) is 18.3 Å². The Kier molecular flexibility index (Phi) is 7.48. The van der Waals surface area contributed by atoms with Gasteiger partial charge in [0.2, 0.25) is 10.0 Å². The van der Waals surface area contributed by atoms with Crippen molar-refractivity contribution >= 4 is 15.9 Å². The second kappa shape index (κ2) is 10.1. The van der Waals surface area contributed by atoms with Gasteiger partial charge < -0.3 is 15.2 Å². The SMILES string of the molecule is Cc1ccc(S(=O)(=O)NCC[C@H]2CC[C@H](NC(=O)c3cnccn3)[C@@H](CO)O2)cc1. The Hall–Kier alpha value is -2.40. The minimum absolute atomic E-state index is 0.196. The molecule has 1 aliphatic rings. The Labute approximate surface area is 176 Å². The van der Waals surface area contributed by atoms with Gasteiger partial charge in [-0.3, -0.25) is 9.78 Å². The van der Waals surface area contributed by atoms with Gasteiger partial charge in [0.05, 0.1) is 29.8 Å². The summed E-state index contributed by atoms with van der Waals surface area (Å²) in [5.74, 6) is -0.376. The van der Waals surface area contributed by atoms with Crippen LogP contribution in [-0.2, 0) is 14.8 Å². The van der Waals surface area contributed by atoms with Gasteiger partial charge >= 0.3 is 0 Å². The Morgan fingerprint density at radius 3 is 2.67 bits per heavy atom. The molecule has 2 aromatic rings. The molecule has 30 heavy (non-hydrogen) atoms. The summed E-state index contributed by atoms with van der Waals surface area (Å²) in [6, 6.07) is 6.28. The van der Waals surface area contributed by atoms with Crippen LogP contribution in [0.15, 0.2) is 47.8 Å². The molecule has 1 fully saturated rings. The maximum absolute atomic E-state index is 12.4. The van der Waals surface area contributed by atoms with Gasteiger partial charge in [-0.15, -0.1) is 0 Å². The van der Waals surface area contributed by atoms with Gasteiger partial charge in [-0.2, -0.15) is 0 Å². The molecule has 3 rings (SSSR count). The van der Waals surface area contributed by atoms with Gasteiger partial charge in [0.25, 0.3) is 5.91 Å². The lowest BCUT2D eigenvalue weighted by atomic mass is 9.97. The summed E-state index contributed by atoms with van der Waals surface area (Å²) < 4.78 is 33.2. The summed E-state index contributed by atoms with van der Waals surface area (Å²) in [5.41, 5.74) is 1.18. The van der Waals surface area contributed by atoms with Crippen LogP contribution in [0.25, 0.3) is 0 Å². The molecule has 1 aromatic carbocycles. The average molecular weight is 435 g/mol. The summed E-state index contributed by atoms with van der Waals surface area (Å²) in [6.45, 7) is 1.86. The van der Waals surface area contributed by atoms with Crippen molar-refractivity contribution in [2.24, 2.45) is 0 Å². The molecule has 2 heterocycles. The Morgan fingerprint density at radius 2 is 2.00 bits per heavy atom. The summed E-state index contributed by atoms with van der Waals surface area (Å²) in [4.78, 5) is 20.3. The fourth-order valence-corrected chi connectivity index (χ4v) is 4.37. The van der Waals surface area contributed by atoms with Crippen molar-refractivity contribution in [3.05, 3.63) is 54.1 Å². The number of nitrogens with zero attached hydrogens (tertiary/aromatic N) is 2. The van der Waals surface area contributed by atoms with Crippen LogP contribution in [0.5, 0.6) is 0 Å². The quantitative estimate of drug-likeness (QED) is 0.560. The van der Waals surface area contributed by atoms with E-state index in [4.69, 9.17) is 4.74 Å². The van der Waals surface area contributed by atoms with E-state index in [2.05, 4.69) is 20.0 Å². The van der Waals surface area contributed by atoms with Crippen LogP contribution in [0, 0.1) is 6.92 Å². The van der Waals surface area contributed by atoms with Gasteiger partial charge in [-0.1, -0.05) is 17.7 Å². The van der Waals surface area contributed by atoms with Crippen molar-refractivity contribution < 1.29 is 23.1 Å². The largest absolute Gasteiger partial charge is 0.394 e. The highest BCUT2D eigenvalue weighted by Crippen LogP contribution is 2.22. The molecule has 3 atom stereocenters. The van der Waals surface area contributed by atoms with E-state index in [1.165, 1.54) is 18.6 Å². The van der Waals surface area contributed by atoms with E-state index in [0.717, 1.165) is 5.56 Å². The van der Waals surface area contributed by atoms with E-state index in [0.29, 0.717) is 19.3 Å². The van der Waals surface area contributed by atoms with Crippen LogP contribution in [0.2, 0.25) is 0 Å². The first kappa shape index (κ1) is 22.3. The number of carbonyl (C=O) groups excluding carboxylic acids is 1. The van der Waals surface area contributed by atoms with Crippen molar-refractivity contribution in [2.45, 2.75) is 49.3 Å². The smallest absolute Gasteiger partial charge is 0.271 e. The lowest BCUT2D eigenvalue weighted by Crippen LogP contribution is -2.51. The number of sulfonamides is 1. The molecule has 1 saturated heterocycles. The van der Waals surface area contributed by atoms with Crippen LogP contribution in [0.4, 0.5) is 0 Å². The minimum Gasteiger partial charge on any atom is -0.394 e. The normalized spacial score (nSPS) is 21.9. The third-order valence-electron chi connectivity index (χ3n) is 5.00. The molecular formula is C20H26N4O5S. The fourth-order valence-electron chi connectivity index (χ4n) is 3.32. The number of amides is 1. The van der Waals surface area contributed by atoms with Crippen LogP contribution in [-0.4, -0.2) is 60.8 Å². The standard InChI is InChI=1S/C20H26N4O5S/c1-14-2-5-16(6-3-14)30(27,28)23-9-8-15-4-7-17(19(13-25)29-15)24-20(26)18-12-21-10-11-22-18/h2-3,5-6,10-12,15,17,19,23,25H,4,7-9,13H2,1H3,(H,24,26)/t15-,17+,19-/m1/s1. The fraction of sp³-hybridized carbons (Fsp3) is 0.450. The van der Waals surface area contributed by atoms with Crippen molar-refractivity contribution in [2.75, 3.05) is 13.2 Å². The zero-order chi connectivity index (χ0) is 21.6. The number of aliphatic hydroxyl groups excluding tert-OH is 1. The first-order valence-electron chi connectivity index (χ1n) is 9.78. The highest BCUT2D eigenvalue weighted by Gasteiger charge is 2.32. The molecule has 0 saturated carbocycles. The van der Waals surface area contributed by atoms with Gasteiger partial charge in [-0.05, 0) is 38.3 Å². The summed E-state index contributed by atoms with van der Waals surface area (Å²) in [5, 5.41) is 12.5. The van der Waals surface area contributed by atoms with E-state index in [-0.39, 0.29) is 41.8 Å². The molecule has 0 bridgehead atoms. The van der Waals surface area contributed by atoms with Gasteiger partial charge in [0.15, 0.2) is 0 Å². The number of benzene rings is 1. The van der Waals surface area contributed by atoms with Crippen LogP contribution < -0.4 is 10.0 Å². The molecule has 1 amide bonds. The van der Waals surface area contributed by atoms with Crippen molar-refractivity contribution in [3.8, 4) is 0 Å². The first-order chi connectivity index (χ1) is 14.4. The number of carbonyl (C=O) groups is 1. The van der Waals surface area contributed by atoms with Crippen LogP contribution in [0.1, 0.15) is 35.3 Å². The number of aromatic nitrogens is 2. The summed E-state index contributed by atoms with van der Waals surface area (Å²) in [6.07, 6.45) is 5.20. The average Bonchev–Trinajstić information content (AvgIpc) is 2.75. The Balaban J connectivity index is 1.49. The number of aliphatic hydroxyl groups is 1. The zero-order valence-corrected chi connectivity index (χ0v) is 17.5. The first-order valence-corrected chi connectivity index (χ1v) is 11.3. The van der Waals surface area contributed by atoms with Crippen molar-refractivity contribution in [1.82, 2.24) is 20.0 Å². The van der Waals surface area contributed by atoms with E-state index < -0.39 is 16.1 Å². The number of aryl methyl sites for hydroxylation is 1. The topological polar surface area (TPSA) is 131 Å². The monoisotopic (exact) mass is 434 g/mol. The van der Waals surface area contributed by atoms with E-state index in [1.807, 2.05) is 6.92 Å². The third kappa shape index (κ3) is 5.82. The number of nitrogens with one attached hydrogen (secondary N) is 2. The molecule has 1 aliphatic heterocycles. The molecule has 3 N–H and O–H groups in total. The molecule has 0 unspecified atom stereocenters. The molecular weight excluding hydrogens is 408 g/mol. The summed E-state index contributed by atoms with van der Waals surface area (Å²) >= 11 is 0. The van der Waals surface area contributed by atoms with Crippen LogP contribution >= 0.6 is 0 Å². The Morgan fingerprint density at radius 1 is 1.23 bits per heavy atom. The van der Waals surface area contributed by atoms with Crippen molar-refractivity contribution in [3.63, 3.8) is 0 Å².